The molecule has 0 spiro atoms. The van der Waals surface area contributed by atoms with Crippen LogP contribution in [0.25, 0.3) is 0 Å². The van der Waals surface area contributed by atoms with Gasteiger partial charge < -0.3 is 9.15 Å². The molecular weight excluding hydrogens is 288 g/mol. The summed E-state index contributed by atoms with van der Waals surface area (Å²) in [6, 6.07) is 9.79. The summed E-state index contributed by atoms with van der Waals surface area (Å²) in [5, 5.41) is 0. The molecule has 0 unspecified atom stereocenters. The molecule has 0 saturated carbocycles. The Morgan fingerprint density at radius 1 is 1.14 bits per heavy atom. The van der Waals surface area contributed by atoms with E-state index in [1.165, 1.54) is 12.3 Å². The van der Waals surface area contributed by atoms with Crippen LogP contribution in [0.5, 0.6) is 0 Å². The Morgan fingerprint density at radius 3 is 2.64 bits per heavy atom. The lowest BCUT2D eigenvalue weighted by Crippen LogP contribution is -2.43. The molecule has 0 bridgehead atoms. The Kier molecular flexibility index (Phi) is 4.92. The van der Waals surface area contributed by atoms with Crippen molar-refractivity contribution in [1.29, 1.82) is 0 Å². The van der Waals surface area contributed by atoms with Crippen LogP contribution in [0.2, 0.25) is 0 Å². The van der Waals surface area contributed by atoms with Crippen LogP contribution in [-0.4, -0.2) is 24.4 Å². The smallest absolute Gasteiger partial charge is 0.338 e. The average molecular weight is 302 g/mol. The van der Waals surface area contributed by atoms with Crippen molar-refractivity contribution in [1.82, 2.24) is 10.9 Å². The minimum absolute atomic E-state index is 0.0528. The molecule has 2 rings (SSSR count). The van der Waals surface area contributed by atoms with Gasteiger partial charge in [-0.3, -0.25) is 20.4 Å². The molecule has 114 valence electrons. The van der Waals surface area contributed by atoms with Gasteiger partial charge in [0.15, 0.2) is 12.4 Å². The molecular formula is C15H14N2O5. The maximum Gasteiger partial charge on any atom is 0.338 e. The van der Waals surface area contributed by atoms with E-state index in [9.17, 15) is 14.4 Å². The van der Waals surface area contributed by atoms with Crippen molar-refractivity contribution < 1.29 is 23.5 Å². The molecule has 1 heterocycles. The molecule has 0 radical (unpaired) electrons. The van der Waals surface area contributed by atoms with Gasteiger partial charge in [-0.2, -0.15) is 0 Å². The Balaban J connectivity index is 1.76. The number of esters is 1. The lowest BCUT2D eigenvalue weighted by Gasteiger charge is -2.07. The Bertz CT molecular complexity index is 679. The van der Waals surface area contributed by atoms with E-state index in [-0.39, 0.29) is 5.76 Å². The van der Waals surface area contributed by atoms with Crippen LogP contribution in [0.4, 0.5) is 0 Å². The van der Waals surface area contributed by atoms with E-state index in [1.54, 1.807) is 24.3 Å². The molecule has 1 aromatic heterocycles. The molecule has 1 aromatic carbocycles. The molecule has 0 aliphatic rings. The minimum Gasteiger partial charge on any atom is -0.459 e. The third kappa shape index (κ3) is 4.20. The number of hydrazine groups is 1. The summed E-state index contributed by atoms with van der Waals surface area (Å²) in [5.41, 5.74) is 5.51. The number of hydrogen-bond donors (Lipinski definition) is 2. The fourth-order valence-corrected chi connectivity index (χ4v) is 1.62. The van der Waals surface area contributed by atoms with Gasteiger partial charge in [-0.1, -0.05) is 17.7 Å². The molecule has 2 aromatic rings. The van der Waals surface area contributed by atoms with Gasteiger partial charge >= 0.3 is 11.9 Å². The zero-order valence-corrected chi connectivity index (χ0v) is 11.8. The minimum atomic E-state index is -0.666. The SMILES string of the molecule is Cc1cccc(C(=O)OCC(=O)NNC(=O)c2ccco2)c1. The summed E-state index contributed by atoms with van der Waals surface area (Å²) in [4.78, 5) is 34.7. The second kappa shape index (κ2) is 7.07. The number of carbonyl (C=O) groups is 3. The Morgan fingerprint density at radius 2 is 1.95 bits per heavy atom. The number of rotatable bonds is 4. The first kappa shape index (κ1) is 15.3. The van der Waals surface area contributed by atoms with Crippen molar-refractivity contribution in [2.75, 3.05) is 6.61 Å². The predicted octanol–water partition coefficient (Wildman–Crippen LogP) is 1.21. The van der Waals surface area contributed by atoms with E-state index >= 15 is 0 Å². The molecule has 0 fully saturated rings. The van der Waals surface area contributed by atoms with Crippen LogP contribution in [0.3, 0.4) is 0 Å². The van der Waals surface area contributed by atoms with Gasteiger partial charge in [-0.25, -0.2) is 4.79 Å². The van der Waals surface area contributed by atoms with E-state index in [2.05, 4.69) is 10.9 Å². The normalized spacial score (nSPS) is 9.86. The number of benzene rings is 1. The topological polar surface area (TPSA) is 97.6 Å². The van der Waals surface area contributed by atoms with Crippen molar-refractivity contribution in [3.05, 3.63) is 59.5 Å². The molecule has 0 atom stereocenters. The third-order valence-corrected chi connectivity index (χ3v) is 2.65. The average Bonchev–Trinajstić information content (AvgIpc) is 3.04. The number of amides is 2. The zero-order valence-electron chi connectivity index (χ0n) is 11.8. The van der Waals surface area contributed by atoms with Crippen LogP contribution in [0.1, 0.15) is 26.5 Å². The first-order valence-electron chi connectivity index (χ1n) is 6.43. The van der Waals surface area contributed by atoms with Crippen LogP contribution in [-0.2, 0) is 9.53 Å². The molecule has 0 aliphatic carbocycles. The van der Waals surface area contributed by atoms with Gasteiger partial charge in [0.2, 0.25) is 0 Å². The van der Waals surface area contributed by atoms with Crippen molar-refractivity contribution >= 4 is 17.8 Å². The van der Waals surface area contributed by atoms with Crippen LogP contribution in [0.15, 0.2) is 47.1 Å². The zero-order chi connectivity index (χ0) is 15.9. The molecule has 0 saturated heterocycles. The summed E-state index contributed by atoms with van der Waals surface area (Å²) in [5.74, 6) is -1.84. The Hall–Kier alpha value is -3.09. The summed E-state index contributed by atoms with van der Waals surface area (Å²) >= 11 is 0. The Labute approximate surface area is 126 Å². The first-order chi connectivity index (χ1) is 10.6. The number of furan rings is 1. The summed E-state index contributed by atoms with van der Waals surface area (Å²) in [7, 11) is 0. The number of hydrogen-bond acceptors (Lipinski definition) is 5. The number of nitrogens with one attached hydrogen (secondary N) is 2. The van der Waals surface area contributed by atoms with Gasteiger partial charge in [0, 0.05) is 0 Å². The monoisotopic (exact) mass is 302 g/mol. The predicted molar refractivity (Wildman–Crippen MR) is 75.8 cm³/mol. The van der Waals surface area contributed by atoms with Gasteiger partial charge in [-0.15, -0.1) is 0 Å². The van der Waals surface area contributed by atoms with Crippen molar-refractivity contribution in [2.24, 2.45) is 0 Å². The van der Waals surface area contributed by atoms with E-state index < -0.39 is 24.4 Å². The van der Waals surface area contributed by atoms with Crippen LogP contribution in [0, 0.1) is 6.92 Å². The summed E-state index contributed by atoms with van der Waals surface area (Å²) in [6.07, 6.45) is 1.33. The number of aryl methyl sites for hydroxylation is 1. The van der Waals surface area contributed by atoms with Gasteiger partial charge in [0.1, 0.15) is 0 Å². The number of carbonyl (C=O) groups excluding carboxylic acids is 3. The lowest BCUT2D eigenvalue weighted by molar-refractivity contribution is -0.125. The van der Waals surface area contributed by atoms with Crippen LogP contribution >= 0.6 is 0 Å². The van der Waals surface area contributed by atoms with Crippen molar-refractivity contribution in [2.45, 2.75) is 6.92 Å². The molecule has 22 heavy (non-hydrogen) atoms. The van der Waals surface area contributed by atoms with Crippen LogP contribution < -0.4 is 10.9 Å². The van der Waals surface area contributed by atoms with Crippen molar-refractivity contribution in [3.63, 3.8) is 0 Å². The van der Waals surface area contributed by atoms with E-state index in [0.29, 0.717) is 5.56 Å². The lowest BCUT2D eigenvalue weighted by atomic mass is 10.1. The largest absolute Gasteiger partial charge is 0.459 e. The van der Waals surface area contributed by atoms with E-state index in [0.717, 1.165) is 5.56 Å². The van der Waals surface area contributed by atoms with Gasteiger partial charge in [0.25, 0.3) is 5.91 Å². The van der Waals surface area contributed by atoms with Crippen molar-refractivity contribution in [3.8, 4) is 0 Å². The first-order valence-corrected chi connectivity index (χ1v) is 6.43. The standard InChI is InChI=1S/C15H14N2O5/c1-10-4-2-5-11(8-10)15(20)22-9-13(18)16-17-14(19)12-6-3-7-21-12/h2-8H,9H2,1H3,(H,16,18)(H,17,19). The molecule has 2 amide bonds. The highest BCUT2D eigenvalue weighted by molar-refractivity contribution is 5.94. The summed E-state index contributed by atoms with van der Waals surface area (Å²) < 4.78 is 9.69. The fourth-order valence-electron chi connectivity index (χ4n) is 1.62. The highest BCUT2D eigenvalue weighted by atomic mass is 16.5. The summed E-state index contributed by atoms with van der Waals surface area (Å²) in [6.45, 7) is 1.33. The fraction of sp³-hybridized carbons (Fsp3) is 0.133. The second-order valence-electron chi connectivity index (χ2n) is 4.43. The molecule has 2 N–H and O–H groups in total. The molecule has 7 nitrogen and oxygen atoms in total. The van der Waals surface area contributed by atoms with E-state index in [4.69, 9.17) is 9.15 Å². The maximum absolute atomic E-state index is 11.7. The quantitative estimate of drug-likeness (QED) is 0.653. The molecule has 7 heteroatoms. The van der Waals surface area contributed by atoms with Gasteiger partial charge in [-0.05, 0) is 31.2 Å². The van der Waals surface area contributed by atoms with Gasteiger partial charge in [0.05, 0.1) is 11.8 Å². The highest BCUT2D eigenvalue weighted by Crippen LogP contribution is 2.05. The highest BCUT2D eigenvalue weighted by Gasteiger charge is 2.12. The molecule has 0 aliphatic heterocycles. The third-order valence-electron chi connectivity index (χ3n) is 2.65. The number of ether oxygens (including phenoxy) is 1. The maximum atomic E-state index is 11.7. The van der Waals surface area contributed by atoms with E-state index in [1.807, 2.05) is 13.0 Å². The second-order valence-corrected chi connectivity index (χ2v) is 4.43.